The Morgan fingerprint density at radius 3 is 2.79 bits per heavy atom. The summed E-state index contributed by atoms with van der Waals surface area (Å²) in [4.78, 5) is 23.4. The number of benzene rings is 1. The number of hydrogen-bond acceptors (Lipinski definition) is 5. The standard InChI is InChI=1S/C19H20O5/c1-5-11(2)18(21)24-19(3,4)16-9-13-8-12-6-7-17(20)23-14(12)10-15(13)22-16/h5-8,10,16H,9H2,1-4H3/b11-5-/t16-/m0/s1. The molecule has 1 aliphatic heterocycles. The van der Waals surface area contributed by atoms with Gasteiger partial charge in [0.2, 0.25) is 0 Å². The second kappa shape index (κ2) is 5.82. The summed E-state index contributed by atoms with van der Waals surface area (Å²) in [6, 6.07) is 6.80. The fourth-order valence-electron chi connectivity index (χ4n) is 2.70. The van der Waals surface area contributed by atoms with Gasteiger partial charge in [-0.25, -0.2) is 9.59 Å². The predicted molar refractivity (Wildman–Crippen MR) is 90.2 cm³/mol. The summed E-state index contributed by atoms with van der Waals surface area (Å²) in [7, 11) is 0. The highest BCUT2D eigenvalue weighted by atomic mass is 16.6. The molecule has 24 heavy (non-hydrogen) atoms. The molecule has 0 spiro atoms. The van der Waals surface area contributed by atoms with Crippen molar-refractivity contribution >= 4 is 16.9 Å². The first kappa shape index (κ1) is 16.3. The first-order valence-corrected chi connectivity index (χ1v) is 7.90. The van der Waals surface area contributed by atoms with Gasteiger partial charge in [0.25, 0.3) is 0 Å². The lowest BCUT2D eigenvalue weighted by Crippen LogP contribution is -2.43. The molecule has 5 heteroatoms. The molecule has 3 rings (SSSR count). The molecule has 0 saturated heterocycles. The lowest BCUT2D eigenvalue weighted by Gasteiger charge is -2.30. The van der Waals surface area contributed by atoms with Gasteiger partial charge in [-0.15, -0.1) is 0 Å². The molecule has 1 atom stereocenters. The van der Waals surface area contributed by atoms with E-state index in [-0.39, 0.29) is 12.1 Å². The Kier molecular flexibility index (Phi) is 3.95. The summed E-state index contributed by atoms with van der Waals surface area (Å²) in [6.07, 6.45) is 2.04. The monoisotopic (exact) mass is 328 g/mol. The summed E-state index contributed by atoms with van der Waals surface area (Å²) >= 11 is 0. The molecule has 2 aromatic rings. The Morgan fingerprint density at radius 2 is 2.08 bits per heavy atom. The third kappa shape index (κ3) is 2.94. The maximum Gasteiger partial charge on any atom is 0.336 e. The third-order valence-electron chi connectivity index (χ3n) is 4.36. The second-order valence-electron chi connectivity index (χ2n) is 6.53. The molecule has 0 aliphatic carbocycles. The van der Waals surface area contributed by atoms with Crippen LogP contribution in [0.2, 0.25) is 0 Å². The van der Waals surface area contributed by atoms with Gasteiger partial charge in [0.15, 0.2) is 0 Å². The molecule has 0 saturated carbocycles. The smallest absolute Gasteiger partial charge is 0.336 e. The van der Waals surface area contributed by atoms with Gasteiger partial charge >= 0.3 is 11.6 Å². The molecule has 1 aromatic heterocycles. The zero-order valence-electron chi connectivity index (χ0n) is 14.2. The van der Waals surface area contributed by atoms with Crippen molar-refractivity contribution in [3.63, 3.8) is 0 Å². The molecule has 2 heterocycles. The first-order valence-electron chi connectivity index (χ1n) is 7.90. The summed E-state index contributed by atoms with van der Waals surface area (Å²) in [5.74, 6) is 0.312. The van der Waals surface area contributed by atoms with Crippen molar-refractivity contribution in [2.75, 3.05) is 0 Å². The Labute approximate surface area is 139 Å². The molecule has 126 valence electrons. The highest BCUT2D eigenvalue weighted by Gasteiger charge is 2.40. The Bertz CT molecular complexity index is 888. The minimum atomic E-state index is -0.784. The Hall–Kier alpha value is -2.56. The lowest BCUT2D eigenvalue weighted by atomic mass is 9.96. The highest BCUT2D eigenvalue weighted by molar-refractivity contribution is 5.88. The SMILES string of the molecule is C/C=C(/C)C(=O)OC(C)(C)[C@@H]1Cc2cc3ccc(=O)oc3cc2O1. The number of esters is 1. The van der Waals surface area contributed by atoms with Gasteiger partial charge in [0.1, 0.15) is 23.0 Å². The molecule has 0 amide bonds. The van der Waals surface area contributed by atoms with Crippen molar-refractivity contribution in [2.24, 2.45) is 0 Å². The zero-order valence-corrected chi connectivity index (χ0v) is 14.2. The molecule has 1 aliphatic rings. The molecule has 0 radical (unpaired) electrons. The van der Waals surface area contributed by atoms with Crippen molar-refractivity contribution in [2.45, 2.75) is 45.8 Å². The van der Waals surface area contributed by atoms with Gasteiger partial charge in [-0.2, -0.15) is 0 Å². The fourth-order valence-corrected chi connectivity index (χ4v) is 2.70. The summed E-state index contributed by atoms with van der Waals surface area (Å²) in [5.41, 5.74) is 0.877. The van der Waals surface area contributed by atoms with Crippen molar-refractivity contribution in [1.29, 1.82) is 0 Å². The minimum Gasteiger partial charge on any atom is -0.485 e. The average Bonchev–Trinajstić information content (AvgIpc) is 2.95. The van der Waals surface area contributed by atoms with Crippen LogP contribution in [0.4, 0.5) is 0 Å². The van der Waals surface area contributed by atoms with Gasteiger partial charge in [-0.05, 0) is 45.4 Å². The van der Waals surface area contributed by atoms with Crippen molar-refractivity contribution in [3.05, 3.63) is 51.9 Å². The van der Waals surface area contributed by atoms with Crippen LogP contribution in [-0.2, 0) is 16.0 Å². The topological polar surface area (TPSA) is 65.7 Å². The second-order valence-corrected chi connectivity index (χ2v) is 6.53. The molecule has 1 aromatic carbocycles. The van der Waals surface area contributed by atoms with E-state index < -0.39 is 11.2 Å². The third-order valence-corrected chi connectivity index (χ3v) is 4.36. The number of allylic oxidation sites excluding steroid dienone is 1. The van der Waals surface area contributed by atoms with Crippen LogP contribution in [0.15, 0.2) is 45.1 Å². The van der Waals surface area contributed by atoms with Gasteiger partial charge in [0.05, 0.1) is 0 Å². The van der Waals surface area contributed by atoms with E-state index in [2.05, 4.69) is 0 Å². The van der Waals surface area contributed by atoms with E-state index in [9.17, 15) is 9.59 Å². The molecule has 0 unspecified atom stereocenters. The maximum atomic E-state index is 12.1. The summed E-state index contributed by atoms with van der Waals surface area (Å²) in [5, 5.41) is 0.845. The number of fused-ring (bicyclic) bond motifs is 2. The number of ether oxygens (including phenoxy) is 2. The van der Waals surface area contributed by atoms with Crippen molar-refractivity contribution < 1.29 is 18.7 Å². The van der Waals surface area contributed by atoms with E-state index in [1.165, 1.54) is 6.07 Å². The molecular formula is C19H20O5. The van der Waals surface area contributed by atoms with Crippen LogP contribution >= 0.6 is 0 Å². The fraction of sp³-hybridized carbons (Fsp3) is 0.368. The van der Waals surface area contributed by atoms with E-state index in [1.807, 2.05) is 19.9 Å². The van der Waals surface area contributed by atoms with Gasteiger partial charge in [-0.3, -0.25) is 0 Å². The molecule has 5 nitrogen and oxygen atoms in total. The minimum absolute atomic E-state index is 0.301. The molecule has 0 N–H and O–H groups in total. The molecule has 0 fully saturated rings. The largest absolute Gasteiger partial charge is 0.485 e. The van der Waals surface area contributed by atoms with Crippen LogP contribution in [0.1, 0.15) is 33.3 Å². The summed E-state index contributed by atoms with van der Waals surface area (Å²) < 4.78 is 16.8. The number of carbonyl (C=O) groups is 1. The van der Waals surface area contributed by atoms with E-state index in [1.54, 1.807) is 32.1 Å². The Morgan fingerprint density at radius 1 is 1.33 bits per heavy atom. The van der Waals surface area contributed by atoms with Crippen molar-refractivity contribution in [1.82, 2.24) is 0 Å². The van der Waals surface area contributed by atoms with Crippen LogP contribution in [0, 0.1) is 0 Å². The van der Waals surface area contributed by atoms with Crippen LogP contribution in [-0.4, -0.2) is 17.7 Å². The average molecular weight is 328 g/mol. The van der Waals surface area contributed by atoms with Gasteiger partial charge in [0, 0.05) is 29.5 Å². The van der Waals surface area contributed by atoms with Crippen LogP contribution < -0.4 is 10.4 Å². The van der Waals surface area contributed by atoms with Crippen LogP contribution in [0.25, 0.3) is 11.0 Å². The van der Waals surface area contributed by atoms with E-state index in [4.69, 9.17) is 13.9 Å². The van der Waals surface area contributed by atoms with E-state index in [0.717, 1.165) is 10.9 Å². The maximum absolute atomic E-state index is 12.1. The molecular weight excluding hydrogens is 308 g/mol. The predicted octanol–water partition coefficient (Wildman–Crippen LogP) is 3.38. The highest BCUT2D eigenvalue weighted by Crippen LogP contribution is 2.37. The zero-order chi connectivity index (χ0) is 17.5. The Balaban J connectivity index is 1.86. The summed E-state index contributed by atoms with van der Waals surface area (Å²) in [6.45, 7) is 7.19. The van der Waals surface area contributed by atoms with Crippen molar-refractivity contribution in [3.8, 4) is 5.75 Å². The quantitative estimate of drug-likeness (QED) is 0.491. The van der Waals surface area contributed by atoms with Crippen LogP contribution in [0.5, 0.6) is 5.75 Å². The molecule has 0 bridgehead atoms. The van der Waals surface area contributed by atoms with E-state index in [0.29, 0.717) is 23.3 Å². The van der Waals surface area contributed by atoms with Gasteiger partial charge in [-0.1, -0.05) is 6.08 Å². The number of hydrogen-bond donors (Lipinski definition) is 0. The first-order chi connectivity index (χ1) is 11.3. The van der Waals surface area contributed by atoms with E-state index >= 15 is 0 Å². The van der Waals surface area contributed by atoms with Crippen LogP contribution in [0.3, 0.4) is 0 Å². The number of carbonyl (C=O) groups excluding carboxylic acids is 1. The van der Waals surface area contributed by atoms with Gasteiger partial charge < -0.3 is 13.9 Å². The normalized spacial score (nSPS) is 17.5. The number of rotatable bonds is 3. The lowest BCUT2D eigenvalue weighted by molar-refractivity contribution is -0.159.